The third-order valence-corrected chi connectivity index (χ3v) is 3.29. The largest absolute Gasteiger partial charge is 0.368 e. The van der Waals surface area contributed by atoms with Gasteiger partial charge < -0.3 is 21.3 Å². The van der Waals surface area contributed by atoms with Gasteiger partial charge in [-0.2, -0.15) is 15.0 Å². The summed E-state index contributed by atoms with van der Waals surface area (Å²) >= 11 is 0. The van der Waals surface area contributed by atoms with E-state index in [1.54, 1.807) is 0 Å². The Morgan fingerprint density at radius 3 is 2.71 bits per heavy atom. The highest BCUT2D eigenvalue weighted by Gasteiger charge is 2.15. The lowest BCUT2D eigenvalue weighted by molar-refractivity contribution is -0.120. The molecule has 1 saturated heterocycles. The molecular weight excluding hydrogens is 270 g/mol. The highest BCUT2D eigenvalue weighted by Crippen LogP contribution is 2.17. The zero-order chi connectivity index (χ0) is 15.1. The van der Waals surface area contributed by atoms with Gasteiger partial charge in [-0.3, -0.25) is 4.79 Å². The molecule has 0 aliphatic carbocycles. The molecule has 2 rings (SSSR count). The molecule has 1 aromatic rings. The van der Waals surface area contributed by atoms with Gasteiger partial charge in [0.25, 0.3) is 0 Å². The number of carbonyl (C=O) groups is 1. The second kappa shape index (κ2) is 7.61. The molecule has 8 nitrogen and oxygen atoms in total. The third-order valence-electron chi connectivity index (χ3n) is 3.29. The minimum atomic E-state index is 0.00304. The molecule has 0 aromatic carbocycles. The van der Waals surface area contributed by atoms with E-state index in [1.165, 1.54) is 6.42 Å². The SMILES string of the molecule is CCNC(=O)CCNc1nc(N)nc(N2CCCCC2)n1. The zero-order valence-electron chi connectivity index (χ0n) is 12.4. The molecule has 0 spiro atoms. The van der Waals surface area contributed by atoms with E-state index in [-0.39, 0.29) is 11.9 Å². The number of aromatic nitrogens is 3. The molecule has 1 fully saturated rings. The number of nitrogen functional groups attached to an aromatic ring is 1. The van der Waals surface area contributed by atoms with Crippen LogP contribution in [0.4, 0.5) is 17.8 Å². The first-order valence-electron chi connectivity index (χ1n) is 7.46. The summed E-state index contributed by atoms with van der Waals surface area (Å²) in [7, 11) is 0. The van der Waals surface area contributed by atoms with Gasteiger partial charge in [0.15, 0.2) is 0 Å². The van der Waals surface area contributed by atoms with E-state index < -0.39 is 0 Å². The molecule has 0 bridgehead atoms. The Labute approximate surface area is 124 Å². The number of rotatable bonds is 6. The molecule has 0 unspecified atom stereocenters. The maximum absolute atomic E-state index is 11.4. The summed E-state index contributed by atoms with van der Waals surface area (Å²) in [5.41, 5.74) is 5.74. The molecule has 0 radical (unpaired) electrons. The van der Waals surface area contributed by atoms with Gasteiger partial charge in [0.2, 0.25) is 23.8 Å². The number of nitrogens with two attached hydrogens (primary N) is 1. The van der Waals surface area contributed by atoms with Crippen molar-refractivity contribution in [2.45, 2.75) is 32.6 Å². The number of hydrogen-bond donors (Lipinski definition) is 3. The minimum absolute atomic E-state index is 0.00304. The minimum Gasteiger partial charge on any atom is -0.368 e. The van der Waals surface area contributed by atoms with Gasteiger partial charge in [0, 0.05) is 32.6 Å². The number of carbonyl (C=O) groups excluding carboxylic acids is 1. The maximum Gasteiger partial charge on any atom is 0.231 e. The lowest BCUT2D eigenvalue weighted by atomic mass is 10.1. The van der Waals surface area contributed by atoms with Crippen molar-refractivity contribution in [3.05, 3.63) is 0 Å². The fraction of sp³-hybridized carbons (Fsp3) is 0.692. The maximum atomic E-state index is 11.4. The van der Waals surface area contributed by atoms with Crippen LogP contribution >= 0.6 is 0 Å². The van der Waals surface area contributed by atoms with Crippen LogP contribution in [0, 0.1) is 0 Å². The van der Waals surface area contributed by atoms with Gasteiger partial charge in [-0.15, -0.1) is 0 Å². The average molecular weight is 293 g/mol. The second-order valence-corrected chi connectivity index (χ2v) is 5.00. The topological polar surface area (TPSA) is 109 Å². The molecule has 8 heteroatoms. The average Bonchev–Trinajstić information content (AvgIpc) is 2.48. The molecule has 1 aliphatic rings. The molecule has 2 heterocycles. The van der Waals surface area contributed by atoms with Gasteiger partial charge in [0.1, 0.15) is 0 Å². The summed E-state index contributed by atoms with van der Waals surface area (Å²) in [5, 5.41) is 5.77. The molecular formula is C13H23N7O. The third kappa shape index (κ3) is 4.73. The fourth-order valence-electron chi connectivity index (χ4n) is 2.27. The predicted molar refractivity (Wildman–Crippen MR) is 82.1 cm³/mol. The van der Waals surface area contributed by atoms with Crippen molar-refractivity contribution in [3.8, 4) is 0 Å². The van der Waals surface area contributed by atoms with Crippen LogP contribution in [0.25, 0.3) is 0 Å². The quantitative estimate of drug-likeness (QED) is 0.695. The molecule has 1 amide bonds. The molecule has 1 aromatic heterocycles. The van der Waals surface area contributed by atoms with Gasteiger partial charge >= 0.3 is 0 Å². The van der Waals surface area contributed by atoms with Gasteiger partial charge in [-0.1, -0.05) is 0 Å². The normalized spacial score (nSPS) is 14.8. The first-order chi connectivity index (χ1) is 10.2. The Morgan fingerprint density at radius 2 is 2.00 bits per heavy atom. The standard InChI is InChI=1S/C13H23N7O/c1-2-15-10(21)6-7-16-12-17-11(14)18-13(19-12)20-8-4-3-5-9-20/h2-9H2,1H3,(H,15,21)(H3,14,16,17,18,19). The lowest BCUT2D eigenvalue weighted by Gasteiger charge is -2.26. The number of amides is 1. The van der Waals surface area contributed by atoms with Crippen LogP contribution < -0.4 is 21.3 Å². The first-order valence-corrected chi connectivity index (χ1v) is 7.46. The highest BCUT2D eigenvalue weighted by atomic mass is 16.1. The van der Waals surface area contributed by atoms with Crippen molar-refractivity contribution in [3.63, 3.8) is 0 Å². The van der Waals surface area contributed by atoms with E-state index in [2.05, 4.69) is 30.5 Å². The molecule has 0 atom stereocenters. The number of nitrogens with one attached hydrogen (secondary N) is 2. The van der Waals surface area contributed by atoms with Crippen LogP contribution in [0.5, 0.6) is 0 Å². The fourth-order valence-corrected chi connectivity index (χ4v) is 2.27. The summed E-state index contributed by atoms with van der Waals surface area (Å²) in [6, 6.07) is 0. The number of nitrogens with zero attached hydrogens (tertiary/aromatic N) is 4. The second-order valence-electron chi connectivity index (χ2n) is 5.00. The lowest BCUT2D eigenvalue weighted by Crippen LogP contribution is -2.31. The van der Waals surface area contributed by atoms with Gasteiger partial charge in [-0.05, 0) is 26.2 Å². The van der Waals surface area contributed by atoms with E-state index >= 15 is 0 Å². The van der Waals surface area contributed by atoms with Crippen molar-refractivity contribution in [1.29, 1.82) is 0 Å². The smallest absolute Gasteiger partial charge is 0.231 e. The summed E-state index contributed by atoms with van der Waals surface area (Å²) in [6.45, 7) is 4.89. The molecule has 21 heavy (non-hydrogen) atoms. The van der Waals surface area contributed by atoms with E-state index in [9.17, 15) is 4.79 Å². The van der Waals surface area contributed by atoms with Crippen LogP contribution in [-0.4, -0.2) is 47.0 Å². The summed E-state index contributed by atoms with van der Waals surface area (Å²) < 4.78 is 0. The van der Waals surface area contributed by atoms with Crippen LogP contribution in [0.2, 0.25) is 0 Å². The van der Waals surface area contributed by atoms with Crippen molar-refractivity contribution in [2.75, 3.05) is 42.1 Å². The Morgan fingerprint density at radius 1 is 1.24 bits per heavy atom. The van der Waals surface area contributed by atoms with Gasteiger partial charge in [-0.25, -0.2) is 0 Å². The summed E-state index contributed by atoms with van der Waals surface area (Å²) in [6.07, 6.45) is 3.91. The van der Waals surface area contributed by atoms with Crippen molar-refractivity contribution in [1.82, 2.24) is 20.3 Å². The molecule has 4 N–H and O–H groups in total. The Bertz CT molecular complexity index is 474. The number of piperidine rings is 1. The zero-order valence-corrected chi connectivity index (χ0v) is 12.4. The van der Waals surface area contributed by atoms with E-state index in [1.807, 2.05) is 6.92 Å². The summed E-state index contributed by atoms with van der Waals surface area (Å²) in [5.74, 6) is 1.24. The Kier molecular flexibility index (Phi) is 5.53. The molecule has 1 aliphatic heterocycles. The number of anilines is 3. The Balaban J connectivity index is 1.93. The highest BCUT2D eigenvalue weighted by molar-refractivity contribution is 5.76. The van der Waals surface area contributed by atoms with Crippen molar-refractivity contribution >= 4 is 23.8 Å². The van der Waals surface area contributed by atoms with Crippen LogP contribution in [0.3, 0.4) is 0 Å². The van der Waals surface area contributed by atoms with Crippen LogP contribution in [0.1, 0.15) is 32.6 Å². The summed E-state index contributed by atoms with van der Waals surface area (Å²) in [4.78, 5) is 26.1. The van der Waals surface area contributed by atoms with E-state index in [0.717, 1.165) is 25.9 Å². The predicted octanol–water partition coefficient (Wildman–Crippen LogP) is 0.382. The van der Waals surface area contributed by atoms with E-state index in [4.69, 9.17) is 5.73 Å². The van der Waals surface area contributed by atoms with Crippen LogP contribution in [-0.2, 0) is 4.79 Å². The van der Waals surface area contributed by atoms with Gasteiger partial charge in [0.05, 0.1) is 0 Å². The molecule has 0 saturated carbocycles. The molecule has 116 valence electrons. The Hall–Kier alpha value is -2.12. The monoisotopic (exact) mass is 293 g/mol. The first kappa shape index (κ1) is 15.3. The van der Waals surface area contributed by atoms with Crippen molar-refractivity contribution < 1.29 is 4.79 Å². The number of hydrogen-bond acceptors (Lipinski definition) is 7. The van der Waals surface area contributed by atoms with Crippen molar-refractivity contribution in [2.24, 2.45) is 0 Å². The van der Waals surface area contributed by atoms with Crippen LogP contribution in [0.15, 0.2) is 0 Å². The van der Waals surface area contributed by atoms with E-state index in [0.29, 0.717) is 31.4 Å².